The van der Waals surface area contributed by atoms with Crippen LogP contribution in [0.5, 0.6) is 0 Å². The molecule has 0 saturated carbocycles. The molecule has 1 atom stereocenters. The van der Waals surface area contributed by atoms with E-state index in [0.29, 0.717) is 6.54 Å². The highest BCUT2D eigenvalue weighted by Crippen LogP contribution is 2.35. The van der Waals surface area contributed by atoms with Gasteiger partial charge in [-0.25, -0.2) is 4.57 Å². The Labute approximate surface area is 139 Å². The summed E-state index contributed by atoms with van der Waals surface area (Å²) in [6.07, 6.45) is 12.2. The number of phosphoric acid groups is 1. The number of hydrogen-bond donors (Lipinski definition) is 4. The van der Waals surface area contributed by atoms with Crippen molar-refractivity contribution in [3.8, 4) is 0 Å². The molecule has 0 aliphatic heterocycles. The first kappa shape index (κ1) is 22.5. The van der Waals surface area contributed by atoms with Gasteiger partial charge in [0.2, 0.25) is 5.91 Å². The summed E-state index contributed by atoms with van der Waals surface area (Å²) in [5.41, 5.74) is 5.47. The molecule has 5 N–H and O–H groups in total. The second kappa shape index (κ2) is 13.9. The number of phosphoric ester groups is 1. The lowest BCUT2D eigenvalue weighted by Gasteiger charge is -2.12. The fraction of sp³-hybridized carbons (Fsp3) is 0.933. The first-order valence-electron chi connectivity index (χ1n) is 8.60. The fourth-order valence-electron chi connectivity index (χ4n) is 2.21. The molecule has 0 radical (unpaired) electrons. The Bertz CT molecular complexity index is 349. The third kappa shape index (κ3) is 16.2. The van der Waals surface area contributed by atoms with Gasteiger partial charge in [0.15, 0.2) is 0 Å². The number of amides is 1. The van der Waals surface area contributed by atoms with Gasteiger partial charge in [-0.3, -0.25) is 9.32 Å². The summed E-state index contributed by atoms with van der Waals surface area (Å²) < 4.78 is 14.7. The standard InChI is InChI=1S/C15H33N2O5P/c1-2-3-4-5-6-7-8-9-10-11-12-17-15(18)14(16)13-22-23(19,20)21/h14H,2-13,16H2,1H3,(H,17,18)(H2,19,20,21)/t14-/m0/s1. The Morgan fingerprint density at radius 2 is 1.52 bits per heavy atom. The van der Waals surface area contributed by atoms with Crippen molar-refractivity contribution in [1.82, 2.24) is 5.32 Å². The summed E-state index contributed by atoms with van der Waals surface area (Å²) in [4.78, 5) is 28.6. The molecule has 0 aliphatic carbocycles. The van der Waals surface area contributed by atoms with Gasteiger partial charge in [-0.05, 0) is 6.42 Å². The number of hydrogen-bond acceptors (Lipinski definition) is 4. The highest BCUT2D eigenvalue weighted by atomic mass is 31.2. The second-order valence-corrected chi connectivity index (χ2v) is 7.11. The molecule has 0 rings (SSSR count). The van der Waals surface area contributed by atoms with Crippen LogP contribution in [0.2, 0.25) is 0 Å². The van der Waals surface area contributed by atoms with Gasteiger partial charge < -0.3 is 20.8 Å². The zero-order valence-electron chi connectivity index (χ0n) is 14.2. The molecule has 0 bridgehead atoms. The van der Waals surface area contributed by atoms with Crippen molar-refractivity contribution in [1.29, 1.82) is 0 Å². The second-order valence-electron chi connectivity index (χ2n) is 5.87. The molecule has 0 fully saturated rings. The zero-order chi connectivity index (χ0) is 17.6. The van der Waals surface area contributed by atoms with Crippen molar-refractivity contribution in [2.45, 2.75) is 77.2 Å². The van der Waals surface area contributed by atoms with Crippen molar-refractivity contribution in [2.24, 2.45) is 5.73 Å². The molecule has 138 valence electrons. The number of rotatable bonds is 15. The molecule has 0 aliphatic rings. The Hall–Kier alpha value is -0.460. The van der Waals surface area contributed by atoms with Gasteiger partial charge in [-0.1, -0.05) is 64.7 Å². The van der Waals surface area contributed by atoms with E-state index in [1.165, 1.54) is 44.9 Å². The molecule has 0 saturated heterocycles. The van der Waals surface area contributed by atoms with E-state index in [-0.39, 0.29) is 0 Å². The van der Waals surface area contributed by atoms with Crippen molar-refractivity contribution in [2.75, 3.05) is 13.2 Å². The lowest BCUT2D eigenvalue weighted by Crippen LogP contribution is -2.43. The van der Waals surface area contributed by atoms with Crippen LogP contribution in [0.15, 0.2) is 0 Å². The van der Waals surface area contributed by atoms with Crippen LogP contribution < -0.4 is 11.1 Å². The summed E-state index contributed by atoms with van der Waals surface area (Å²) in [5, 5.41) is 2.65. The fourth-order valence-corrected chi connectivity index (χ4v) is 2.56. The van der Waals surface area contributed by atoms with E-state index in [1.54, 1.807) is 0 Å². The Kier molecular flexibility index (Phi) is 13.7. The molecule has 0 aromatic rings. The van der Waals surface area contributed by atoms with Crippen LogP contribution in [0, 0.1) is 0 Å². The van der Waals surface area contributed by atoms with E-state index >= 15 is 0 Å². The number of nitrogens with two attached hydrogens (primary N) is 1. The van der Waals surface area contributed by atoms with Crippen LogP contribution in [-0.2, 0) is 13.9 Å². The SMILES string of the molecule is CCCCCCCCCCCCNC(=O)[C@@H](N)COP(=O)(O)O. The highest BCUT2D eigenvalue weighted by molar-refractivity contribution is 7.46. The largest absolute Gasteiger partial charge is 0.469 e. The van der Waals surface area contributed by atoms with Gasteiger partial charge in [-0.2, -0.15) is 0 Å². The van der Waals surface area contributed by atoms with E-state index in [4.69, 9.17) is 15.5 Å². The molecule has 0 heterocycles. The van der Waals surface area contributed by atoms with E-state index < -0.39 is 26.4 Å². The number of nitrogens with one attached hydrogen (secondary N) is 1. The molecule has 1 amide bonds. The van der Waals surface area contributed by atoms with Gasteiger partial charge in [0, 0.05) is 6.54 Å². The molecule has 0 spiro atoms. The summed E-state index contributed by atoms with van der Waals surface area (Å²) in [7, 11) is -4.58. The normalized spacial score (nSPS) is 13.0. The summed E-state index contributed by atoms with van der Waals surface area (Å²) in [6, 6.07) is -1.06. The summed E-state index contributed by atoms with van der Waals surface area (Å²) in [6.45, 7) is 2.25. The molecular formula is C15H33N2O5P. The third-order valence-electron chi connectivity index (χ3n) is 3.59. The zero-order valence-corrected chi connectivity index (χ0v) is 15.1. The first-order valence-corrected chi connectivity index (χ1v) is 10.1. The van der Waals surface area contributed by atoms with Crippen LogP contribution in [0.1, 0.15) is 71.1 Å². The van der Waals surface area contributed by atoms with Crippen LogP contribution in [0.4, 0.5) is 0 Å². The van der Waals surface area contributed by atoms with E-state index in [2.05, 4.69) is 16.8 Å². The van der Waals surface area contributed by atoms with Crippen LogP contribution in [0.25, 0.3) is 0 Å². The maximum Gasteiger partial charge on any atom is 0.469 e. The first-order chi connectivity index (χ1) is 10.9. The predicted octanol–water partition coefficient (Wildman–Crippen LogP) is 2.46. The summed E-state index contributed by atoms with van der Waals surface area (Å²) >= 11 is 0. The van der Waals surface area contributed by atoms with Gasteiger partial charge in [0.1, 0.15) is 6.04 Å². The number of carbonyl (C=O) groups excluding carboxylic acids is 1. The van der Waals surface area contributed by atoms with Crippen molar-refractivity contribution >= 4 is 13.7 Å². The maximum atomic E-state index is 11.6. The molecule has 0 aromatic carbocycles. The average molecular weight is 352 g/mol. The minimum absolute atomic E-state index is 0.450. The Morgan fingerprint density at radius 3 is 2.00 bits per heavy atom. The third-order valence-corrected chi connectivity index (χ3v) is 4.07. The number of unbranched alkanes of at least 4 members (excludes halogenated alkanes) is 9. The molecule has 0 unspecified atom stereocenters. The minimum atomic E-state index is -4.58. The quantitative estimate of drug-likeness (QED) is 0.265. The lowest BCUT2D eigenvalue weighted by molar-refractivity contribution is -0.123. The monoisotopic (exact) mass is 352 g/mol. The lowest BCUT2D eigenvalue weighted by atomic mass is 10.1. The Morgan fingerprint density at radius 1 is 1.04 bits per heavy atom. The van der Waals surface area contributed by atoms with Gasteiger partial charge >= 0.3 is 7.82 Å². The molecule has 23 heavy (non-hydrogen) atoms. The molecule has 0 aromatic heterocycles. The van der Waals surface area contributed by atoms with Crippen molar-refractivity contribution in [3.63, 3.8) is 0 Å². The van der Waals surface area contributed by atoms with Crippen molar-refractivity contribution in [3.05, 3.63) is 0 Å². The average Bonchev–Trinajstić information content (AvgIpc) is 2.49. The van der Waals surface area contributed by atoms with Gasteiger partial charge in [0.25, 0.3) is 0 Å². The Balaban J connectivity index is 3.40. The van der Waals surface area contributed by atoms with E-state index in [9.17, 15) is 9.36 Å². The van der Waals surface area contributed by atoms with Crippen molar-refractivity contribution < 1.29 is 23.7 Å². The summed E-state index contributed by atoms with van der Waals surface area (Å²) in [5.74, 6) is -0.450. The van der Waals surface area contributed by atoms with Crippen LogP contribution in [0.3, 0.4) is 0 Å². The van der Waals surface area contributed by atoms with Crippen LogP contribution >= 0.6 is 7.82 Å². The maximum absolute atomic E-state index is 11.6. The molecular weight excluding hydrogens is 319 g/mol. The van der Waals surface area contributed by atoms with E-state index in [0.717, 1.165) is 19.3 Å². The number of carbonyl (C=O) groups is 1. The smallest absolute Gasteiger partial charge is 0.355 e. The predicted molar refractivity (Wildman–Crippen MR) is 90.8 cm³/mol. The van der Waals surface area contributed by atoms with E-state index in [1.807, 2.05) is 0 Å². The van der Waals surface area contributed by atoms with Gasteiger partial charge in [-0.15, -0.1) is 0 Å². The van der Waals surface area contributed by atoms with Gasteiger partial charge in [0.05, 0.1) is 6.61 Å². The van der Waals surface area contributed by atoms with Crippen LogP contribution in [-0.4, -0.2) is 34.9 Å². The molecule has 8 heteroatoms. The highest BCUT2D eigenvalue weighted by Gasteiger charge is 2.20. The topological polar surface area (TPSA) is 122 Å². The minimum Gasteiger partial charge on any atom is -0.355 e. The molecule has 7 nitrogen and oxygen atoms in total.